The monoisotopic (exact) mass is 415 g/mol. The maximum Gasteiger partial charge on any atom is 0.256 e. The lowest BCUT2D eigenvalue weighted by Gasteiger charge is -2.27. The van der Waals surface area contributed by atoms with Crippen LogP contribution < -0.4 is 16.2 Å². The molecule has 2 heterocycles. The number of amides is 2. The Bertz CT molecular complexity index is 942. The third-order valence-electron chi connectivity index (χ3n) is 4.49. The minimum absolute atomic E-state index is 0.118. The van der Waals surface area contributed by atoms with Crippen LogP contribution in [0.3, 0.4) is 0 Å². The Morgan fingerprint density at radius 1 is 1.21 bits per heavy atom. The number of anilines is 2. The van der Waals surface area contributed by atoms with Crippen molar-refractivity contribution in [2.24, 2.45) is 0 Å². The van der Waals surface area contributed by atoms with Crippen molar-refractivity contribution in [2.75, 3.05) is 29.5 Å². The Hall–Kier alpha value is -2.65. The summed E-state index contributed by atoms with van der Waals surface area (Å²) in [6.07, 6.45) is 1.80. The van der Waals surface area contributed by atoms with Gasteiger partial charge in [-0.2, -0.15) is 0 Å². The average molecular weight is 416 g/mol. The van der Waals surface area contributed by atoms with Gasteiger partial charge in [0.2, 0.25) is 11.8 Å². The summed E-state index contributed by atoms with van der Waals surface area (Å²) in [6.45, 7) is 6.07. The molecule has 29 heavy (non-hydrogen) atoms. The summed E-state index contributed by atoms with van der Waals surface area (Å²) in [6, 6.07) is 6.87. The second kappa shape index (κ2) is 9.71. The van der Waals surface area contributed by atoms with E-state index in [-0.39, 0.29) is 23.1 Å². The Balaban J connectivity index is 1.56. The molecular formula is C20H25N5O3S. The number of H-pyrrole nitrogens is 1. The number of nitrogens with zero attached hydrogens (tertiary/aromatic N) is 2. The van der Waals surface area contributed by atoms with E-state index in [0.717, 1.165) is 37.2 Å². The van der Waals surface area contributed by atoms with Crippen LogP contribution >= 0.6 is 11.8 Å². The van der Waals surface area contributed by atoms with Crippen LogP contribution in [-0.4, -0.2) is 45.5 Å². The van der Waals surface area contributed by atoms with Crippen LogP contribution in [0.25, 0.3) is 0 Å². The summed E-state index contributed by atoms with van der Waals surface area (Å²) in [5.74, 6) is -0.212. The van der Waals surface area contributed by atoms with Crippen molar-refractivity contribution in [3.8, 4) is 0 Å². The fraction of sp³-hybridized carbons (Fsp3) is 0.400. The first-order valence-electron chi connectivity index (χ1n) is 9.59. The lowest BCUT2D eigenvalue weighted by Crippen LogP contribution is -2.36. The third kappa shape index (κ3) is 5.91. The van der Waals surface area contributed by atoms with Gasteiger partial charge < -0.3 is 15.6 Å². The Kier molecular flexibility index (Phi) is 7.05. The van der Waals surface area contributed by atoms with Crippen LogP contribution in [0.2, 0.25) is 0 Å². The van der Waals surface area contributed by atoms with E-state index in [1.165, 1.54) is 18.7 Å². The van der Waals surface area contributed by atoms with Crippen molar-refractivity contribution in [1.82, 2.24) is 14.9 Å². The molecule has 0 fully saturated rings. The lowest BCUT2D eigenvalue weighted by molar-refractivity contribution is -0.114. The van der Waals surface area contributed by atoms with Crippen molar-refractivity contribution in [1.29, 1.82) is 0 Å². The first kappa shape index (κ1) is 21.1. The SMILES string of the molecule is CCCN1CCc2nc(SCC(=O)Nc3ccc(NC(C)=O)cc3)[nH]c(=O)c2C1. The summed E-state index contributed by atoms with van der Waals surface area (Å²) < 4.78 is 0. The topological polar surface area (TPSA) is 107 Å². The van der Waals surface area contributed by atoms with Gasteiger partial charge in [0.15, 0.2) is 5.16 Å². The molecule has 8 nitrogen and oxygen atoms in total. The summed E-state index contributed by atoms with van der Waals surface area (Å²) in [5, 5.41) is 5.93. The fourth-order valence-electron chi connectivity index (χ4n) is 3.20. The van der Waals surface area contributed by atoms with Crippen molar-refractivity contribution in [3.05, 3.63) is 45.9 Å². The summed E-state index contributed by atoms with van der Waals surface area (Å²) in [7, 11) is 0. The van der Waals surface area contributed by atoms with Gasteiger partial charge in [-0.25, -0.2) is 4.98 Å². The Morgan fingerprint density at radius 2 is 1.90 bits per heavy atom. The second-order valence-corrected chi connectivity index (χ2v) is 7.88. The molecule has 0 saturated carbocycles. The van der Waals surface area contributed by atoms with E-state index in [4.69, 9.17) is 0 Å². The first-order valence-corrected chi connectivity index (χ1v) is 10.6. The molecule has 3 N–H and O–H groups in total. The molecule has 2 aromatic rings. The molecular weight excluding hydrogens is 390 g/mol. The molecule has 1 aliphatic rings. The lowest BCUT2D eigenvalue weighted by atomic mass is 10.1. The molecule has 1 aliphatic heterocycles. The highest BCUT2D eigenvalue weighted by Gasteiger charge is 2.20. The van der Waals surface area contributed by atoms with Crippen LogP contribution in [0.5, 0.6) is 0 Å². The highest BCUT2D eigenvalue weighted by atomic mass is 32.2. The first-order chi connectivity index (χ1) is 13.9. The summed E-state index contributed by atoms with van der Waals surface area (Å²) >= 11 is 1.21. The van der Waals surface area contributed by atoms with E-state index < -0.39 is 0 Å². The number of benzene rings is 1. The van der Waals surface area contributed by atoms with E-state index in [1.807, 2.05) is 0 Å². The molecule has 154 valence electrons. The van der Waals surface area contributed by atoms with Gasteiger partial charge in [-0.1, -0.05) is 18.7 Å². The van der Waals surface area contributed by atoms with Gasteiger partial charge in [0.25, 0.3) is 5.56 Å². The van der Waals surface area contributed by atoms with E-state index >= 15 is 0 Å². The predicted octanol–water partition coefficient (Wildman–Crippen LogP) is 2.23. The van der Waals surface area contributed by atoms with E-state index in [2.05, 4.69) is 32.4 Å². The number of carbonyl (C=O) groups excluding carboxylic acids is 2. The van der Waals surface area contributed by atoms with Gasteiger partial charge in [-0.05, 0) is 37.2 Å². The number of hydrogen-bond donors (Lipinski definition) is 3. The quantitative estimate of drug-likeness (QED) is 0.473. The molecule has 0 bridgehead atoms. The molecule has 9 heteroatoms. The largest absolute Gasteiger partial charge is 0.326 e. The van der Waals surface area contributed by atoms with Crippen LogP contribution in [0.1, 0.15) is 31.5 Å². The number of fused-ring (bicyclic) bond motifs is 1. The van der Waals surface area contributed by atoms with Crippen LogP contribution in [0, 0.1) is 0 Å². The number of thioether (sulfide) groups is 1. The zero-order valence-electron chi connectivity index (χ0n) is 16.6. The average Bonchev–Trinajstić information content (AvgIpc) is 2.68. The van der Waals surface area contributed by atoms with Crippen LogP contribution in [0.15, 0.2) is 34.2 Å². The van der Waals surface area contributed by atoms with Crippen LogP contribution in [0.4, 0.5) is 11.4 Å². The zero-order valence-corrected chi connectivity index (χ0v) is 17.4. The molecule has 1 aromatic carbocycles. The standard InChI is InChI=1S/C20H25N5O3S/c1-3-9-25-10-8-17-16(11-25)19(28)24-20(23-17)29-12-18(27)22-15-6-4-14(5-7-15)21-13(2)26/h4-7H,3,8-12H2,1-2H3,(H,21,26)(H,22,27)(H,23,24,28). The van der Waals surface area contributed by atoms with Crippen LogP contribution in [-0.2, 0) is 22.6 Å². The van der Waals surface area contributed by atoms with Gasteiger partial charge in [0.05, 0.1) is 17.0 Å². The molecule has 3 rings (SSSR count). The number of nitrogens with one attached hydrogen (secondary N) is 3. The molecule has 0 aliphatic carbocycles. The second-order valence-electron chi connectivity index (χ2n) is 6.92. The van der Waals surface area contributed by atoms with Gasteiger partial charge in [0.1, 0.15) is 0 Å². The molecule has 1 aromatic heterocycles. The molecule has 2 amide bonds. The number of rotatable bonds is 7. The minimum atomic E-state index is -0.197. The van der Waals surface area contributed by atoms with Crippen molar-refractivity contribution >= 4 is 35.0 Å². The van der Waals surface area contributed by atoms with Crippen molar-refractivity contribution < 1.29 is 9.59 Å². The zero-order chi connectivity index (χ0) is 20.8. The highest BCUT2D eigenvalue weighted by Crippen LogP contribution is 2.19. The molecule has 0 radical (unpaired) electrons. The highest BCUT2D eigenvalue weighted by molar-refractivity contribution is 7.99. The number of aromatic amines is 1. The van der Waals surface area contributed by atoms with Gasteiger partial charge in [-0.3, -0.25) is 19.3 Å². The number of aromatic nitrogens is 2. The predicted molar refractivity (Wildman–Crippen MR) is 114 cm³/mol. The van der Waals surface area contributed by atoms with Crippen molar-refractivity contribution in [2.45, 2.75) is 38.4 Å². The fourth-order valence-corrected chi connectivity index (χ4v) is 3.88. The van der Waals surface area contributed by atoms with Gasteiger partial charge in [-0.15, -0.1) is 0 Å². The van der Waals surface area contributed by atoms with Gasteiger partial charge >= 0.3 is 0 Å². The van der Waals surface area contributed by atoms with E-state index in [9.17, 15) is 14.4 Å². The number of carbonyl (C=O) groups is 2. The minimum Gasteiger partial charge on any atom is -0.326 e. The molecule has 0 saturated heterocycles. The maximum atomic E-state index is 12.4. The van der Waals surface area contributed by atoms with Crippen molar-refractivity contribution in [3.63, 3.8) is 0 Å². The smallest absolute Gasteiger partial charge is 0.256 e. The van der Waals surface area contributed by atoms with E-state index in [1.54, 1.807) is 24.3 Å². The third-order valence-corrected chi connectivity index (χ3v) is 5.37. The van der Waals surface area contributed by atoms with Gasteiger partial charge in [0, 0.05) is 37.8 Å². The molecule has 0 spiro atoms. The Morgan fingerprint density at radius 3 is 2.55 bits per heavy atom. The summed E-state index contributed by atoms with van der Waals surface area (Å²) in [4.78, 5) is 45.3. The maximum absolute atomic E-state index is 12.4. The van der Waals surface area contributed by atoms with E-state index in [0.29, 0.717) is 23.1 Å². The molecule has 0 unspecified atom stereocenters. The Labute approximate surface area is 173 Å². The normalized spacial score (nSPS) is 13.6. The summed E-state index contributed by atoms with van der Waals surface area (Å²) in [5.41, 5.74) is 2.74. The molecule has 0 atom stereocenters. The number of hydrogen-bond acceptors (Lipinski definition) is 6.